The van der Waals surface area contributed by atoms with Crippen molar-refractivity contribution in [2.24, 2.45) is 40.3 Å². The highest BCUT2D eigenvalue weighted by Gasteiger charge is 2.36. The van der Waals surface area contributed by atoms with E-state index in [9.17, 15) is 28.2 Å². The number of hydrogen-bond acceptors (Lipinski definition) is 9. The SMILES string of the molecule is CC(C)(C)c1cccc(CCC(=O)CN)c1C(C)(C)C.CC(C)(C)c1cccc(CCC(CN)CO)c1C(C)(C)C.CC(C)(C)c1cccc(CCC(F)(F)CN)c1C(C)(C)C.CC(C)(C)c1cccc(CCC(F)CN)c1C(C)(C)C.CC(C)(C)c1cccc(CCC(O)CN)c1C(C)(C)C.CC(C)(C)c1ccccc1C(C)(C)C.CC(CCCN)c1cccc(C(C)(C)C)c1C(C)(C)C. The second-order valence-electron chi connectivity index (χ2n) is 53.3. The monoisotopic (exact) mass is 1890 g/mol. The quantitative estimate of drug-likeness (QED) is 0.0273. The number of hydrogen-bond donors (Lipinski definition) is 8. The summed E-state index contributed by atoms with van der Waals surface area (Å²) in [5.41, 5.74) is 61.9. The van der Waals surface area contributed by atoms with Crippen molar-refractivity contribution in [2.75, 3.05) is 45.9 Å². The molecule has 0 amide bonds. The highest BCUT2D eigenvalue weighted by molar-refractivity contribution is 5.80. The largest absolute Gasteiger partial charge is 0.396 e. The molecule has 772 valence electrons. The van der Waals surface area contributed by atoms with E-state index in [1.165, 1.54) is 112 Å². The molecular formula is C124H207F3N6O3. The molecular weight excluding hydrogens is 1680 g/mol. The number of aliphatic hydroxyl groups is 2. The molecule has 0 aromatic heterocycles. The van der Waals surface area contributed by atoms with Gasteiger partial charge in [0.1, 0.15) is 12.0 Å². The van der Waals surface area contributed by atoms with Crippen molar-refractivity contribution in [3.63, 3.8) is 0 Å². The van der Waals surface area contributed by atoms with Gasteiger partial charge in [0, 0.05) is 32.5 Å². The Morgan fingerprint density at radius 2 is 0.574 bits per heavy atom. The van der Waals surface area contributed by atoms with Crippen LogP contribution in [0.4, 0.5) is 13.2 Å². The third-order valence-corrected chi connectivity index (χ3v) is 25.5. The molecule has 9 nitrogen and oxygen atoms in total. The Morgan fingerprint density at radius 1 is 0.309 bits per heavy atom. The van der Waals surface area contributed by atoms with Crippen LogP contribution in [0, 0.1) is 5.92 Å². The summed E-state index contributed by atoms with van der Waals surface area (Å²) in [6.45, 7) is 98.5. The minimum absolute atomic E-state index is 0.00495. The summed E-state index contributed by atoms with van der Waals surface area (Å²) in [5.74, 6) is -1.87. The maximum Gasteiger partial charge on any atom is 0.260 e. The van der Waals surface area contributed by atoms with Crippen molar-refractivity contribution >= 4 is 5.78 Å². The van der Waals surface area contributed by atoms with Crippen LogP contribution in [0.5, 0.6) is 0 Å². The van der Waals surface area contributed by atoms with Crippen molar-refractivity contribution in [2.45, 2.75) is 475 Å². The van der Waals surface area contributed by atoms with Crippen LogP contribution in [0.15, 0.2) is 133 Å². The highest BCUT2D eigenvalue weighted by Crippen LogP contribution is 2.45. The molecule has 0 saturated heterocycles. The van der Waals surface area contributed by atoms with Crippen LogP contribution in [-0.4, -0.2) is 80.1 Å². The van der Waals surface area contributed by atoms with Gasteiger partial charge in [0.05, 0.1) is 19.2 Å². The van der Waals surface area contributed by atoms with Crippen LogP contribution in [0.1, 0.15) is 460 Å². The molecule has 7 rings (SSSR count). The fourth-order valence-electron chi connectivity index (χ4n) is 18.7. The lowest BCUT2D eigenvalue weighted by atomic mass is 9.71. The van der Waals surface area contributed by atoms with E-state index in [-0.39, 0.29) is 114 Å². The number of benzene rings is 7. The van der Waals surface area contributed by atoms with Crippen molar-refractivity contribution in [1.82, 2.24) is 0 Å². The van der Waals surface area contributed by atoms with Gasteiger partial charge in [-0.05, 0) is 276 Å². The lowest BCUT2D eigenvalue weighted by Gasteiger charge is -2.34. The fourth-order valence-corrected chi connectivity index (χ4v) is 18.7. The van der Waals surface area contributed by atoms with Gasteiger partial charge in [0.25, 0.3) is 5.92 Å². The maximum atomic E-state index is 13.5. The minimum atomic E-state index is -2.78. The zero-order chi connectivity index (χ0) is 106. The van der Waals surface area contributed by atoms with E-state index in [0.29, 0.717) is 38.3 Å². The lowest BCUT2D eigenvalue weighted by Crippen LogP contribution is -2.29. The average molecular weight is 1890 g/mol. The number of carbonyl (C=O) groups is 1. The zero-order valence-electron chi connectivity index (χ0n) is 95.3. The van der Waals surface area contributed by atoms with Gasteiger partial charge < -0.3 is 44.6 Å². The molecule has 0 fully saturated rings. The zero-order valence-corrected chi connectivity index (χ0v) is 95.3. The second kappa shape index (κ2) is 52.6. The van der Waals surface area contributed by atoms with Crippen LogP contribution in [0.3, 0.4) is 0 Å². The molecule has 0 heterocycles. The molecule has 4 atom stereocenters. The molecule has 0 radical (unpaired) electrons. The Labute approximate surface area is 834 Å². The Bertz CT molecular complexity index is 4570. The van der Waals surface area contributed by atoms with E-state index in [2.05, 4.69) is 419 Å². The molecule has 7 aromatic rings. The predicted molar refractivity (Wildman–Crippen MR) is 592 cm³/mol. The van der Waals surface area contributed by atoms with Crippen molar-refractivity contribution in [3.8, 4) is 0 Å². The number of alkyl halides is 3. The second-order valence-corrected chi connectivity index (χ2v) is 53.3. The number of Topliss-reactive ketones (excluding diaryl/α,β-unsaturated/α-hetero) is 1. The van der Waals surface area contributed by atoms with E-state index in [1.807, 2.05) is 12.1 Å². The van der Waals surface area contributed by atoms with Gasteiger partial charge in [-0.25, -0.2) is 13.2 Å². The van der Waals surface area contributed by atoms with Crippen LogP contribution in [-0.2, 0) is 113 Å². The van der Waals surface area contributed by atoms with Crippen LogP contribution in [0.2, 0.25) is 0 Å². The molecule has 0 bridgehead atoms. The third-order valence-electron chi connectivity index (χ3n) is 25.5. The molecule has 12 heteroatoms. The van der Waals surface area contributed by atoms with Crippen molar-refractivity contribution in [1.29, 1.82) is 0 Å². The number of halogens is 3. The van der Waals surface area contributed by atoms with Crippen LogP contribution >= 0.6 is 0 Å². The summed E-state index contributed by atoms with van der Waals surface area (Å²) in [6.07, 6.45) is 7.27. The topological polar surface area (TPSA) is 214 Å². The Hall–Kier alpha value is -6.32. The molecule has 7 aromatic carbocycles. The first-order chi connectivity index (χ1) is 61.5. The smallest absolute Gasteiger partial charge is 0.260 e. The summed E-state index contributed by atoms with van der Waals surface area (Å²) in [6, 6.07) is 47.8. The van der Waals surface area contributed by atoms with Gasteiger partial charge in [0.15, 0.2) is 0 Å². The van der Waals surface area contributed by atoms with Crippen molar-refractivity contribution in [3.05, 3.63) is 245 Å². The van der Waals surface area contributed by atoms with Crippen LogP contribution < -0.4 is 34.4 Å². The fraction of sp³-hybridized carbons (Fsp3) is 0.653. The van der Waals surface area contributed by atoms with E-state index in [1.54, 1.807) is 0 Å². The molecule has 14 N–H and O–H groups in total. The lowest BCUT2D eigenvalue weighted by molar-refractivity contribution is -0.117. The number of rotatable bonds is 25. The van der Waals surface area contributed by atoms with Gasteiger partial charge >= 0.3 is 0 Å². The van der Waals surface area contributed by atoms with E-state index in [4.69, 9.17) is 34.4 Å². The van der Waals surface area contributed by atoms with Gasteiger partial charge in [-0.15, -0.1) is 0 Å². The van der Waals surface area contributed by atoms with Gasteiger partial charge in [-0.2, -0.15) is 0 Å². The predicted octanol–water partition coefficient (Wildman–Crippen LogP) is 29.8. The van der Waals surface area contributed by atoms with E-state index in [0.717, 1.165) is 57.1 Å². The van der Waals surface area contributed by atoms with Gasteiger partial charge in [0.2, 0.25) is 0 Å². The van der Waals surface area contributed by atoms with Crippen LogP contribution in [0.25, 0.3) is 0 Å². The Balaban J connectivity index is 0.000000795. The van der Waals surface area contributed by atoms with Gasteiger partial charge in [-0.3, -0.25) is 4.79 Å². The molecule has 0 aliphatic heterocycles. The molecule has 4 unspecified atom stereocenters. The van der Waals surface area contributed by atoms with Crippen molar-refractivity contribution < 1.29 is 28.2 Å². The first-order valence-electron chi connectivity index (χ1n) is 51.4. The third kappa shape index (κ3) is 42.5. The molecule has 0 aliphatic carbocycles. The van der Waals surface area contributed by atoms with E-state index < -0.39 is 24.7 Å². The number of carbonyl (C=O) groups excluding carboxylic acids is 1. The molecule has 0 aliphatic rings. The van der Waals surface area contributed by atoms with Gasteiger partial charge in [-0.1, -0.05) is 431 Å². The van der Waals surface area contributed by atoms with E-state index >= 15 is 0 Å². The molecule has 0 spiro atoms. The Morgan fingerprint density at radius 3 is 0.824 bits per heavy atom. The maximum absolute atomic E-state index is 13.5. The molecule has 0 saturated carbocycles. The summed E-state index contributed by atoms with van der Waals surface area (Å²) < 4.78 is 40.4. The molecule has 136 heavy (non-hydrogen) atoms. The highest BCUT2D eigenvalue weighted by atomic mass is 19.3. The standard InChI is InChI=1S/C19H33NO.C19H33N.C18H29F2N.C18H30FN.C18H31NO.C18H29NO.C14H22/c1-18(2,3)16-9-7-8-15(17(16)19(4,5)6)11-10-14(12-20)13-21;1-14(10-9-13-20)15-11-8-12-16(18(2,3)4)17(15)19(5,6)7;1-16(2,3)14-9-7-8-13(15(14)17(4,5)6)10-11-18(19,20)12-21;1-17(2,3)15-9-7-8-13(10-11-14(19)12-20)16(15)18(4,5)6;2*1-17(2,3)15-9-7-8-13(10-11-14(20)12-19)16(15)18(4,5)6;1-13(2,3)11-9-7-8-10-12(11)14(4,5)6/h7-9,14,21H,10-13,20H2,1-6H3;8,11-12,14H,9-10,13,20H2,1-7H3;7-9H,10-12,21H2,1-6H3;7-9,14H,10-12,20H2,1-6H3;7-9,14,20H,10-12,19H2,1-6H3;7-9H,10-12,19H2,1-6H3;7-10H,1-6H3. The number of aryl methyl sites for hydroxylation is 5. The first kappa shape index (κ1) is 128. The first-order valence-corrected chi connectivity index (χ1v) is 51.4. The Kier molecular flexibility index (Phi) is 49.4. The summed E-state index contributed by atoms with van der Waals surface area (Å²) >= 11 is 0. The summed E-state index contributed by atoms with van der Waals surface area (Å²) in [7, 11) is 0. The minimum Gasteiger partial charge on any atom is -0.396 e. The number of ketones is 1. The number of nitrogens with two attached hydrogens (primary N) is 6. The normalized spacial score (nSPS) is 13.8. The number of aliphatic hydroxyl groups excluding tert-OH is 2. The summed E-state index contributed by atoms with van der Waals surface area (Å²) in [5, 5.41) is 19.1. The average Bonchev–Trinajstić information content (AvgIpc) is 0.772. The summed E-state index contributed by atoms with van der Waals surface area (Å²) in [4.78, 5) is 11.5.